The molecule has 0 saturated carbocycles. The van der Waals surface area contributed by atoms with E-state index in [1.165, 1.54) is 0 Å². The Balaban J connectivity index is 0.00000225. The zero-order valence-corrected chi connectivity index (χ0v) is 12.9. The van der Waals surface area contributed by atoms with Gasteiger partial charge in [-0.25, -0.2) is 12.1 Å². The van der Waals surface area contributed by atoms with Crippen LogP contribution < -0.4 is 18.9 Å². The van der Waals surface area contributed by atoms with Gasteiger partial charge in [0.05, 0.1) is 0 Å². The summed E-state index contributed by atoms with van der Waals surface area (Å²) in [5, 5.41) is 0. The Bertz CT molecular complexity index is 269. The van der Waals surface area contributed by atoms with Crippen LogP contribution in [0.5, 0.6) is 0 Å². The van der Waals surface area contributed by atoms with Gasteiger partial charge in [0.2, 0.25) is 0 Å². The molecular formula is C13H24LiNSi. The van der Waals surface area contributed by atoms with E-state index in [9.17, 15) is 0 Å². The molecule has 0 spiro atoms. The molecule has 0 radical (unpaired) electrons. The Kier molecular flexibility index (Phi) is 6.18. The summed E-state index contributed by atoms with van der Waals surface area (Å²) in [6.45, 7) is 14.3. The molecule has 0 unspecified atom stereocenters. The van der Waals surface area contributed by atoms with E-state index in [0.717, 1.165) is 16.6 Å². The topological polar surface area (TPSA) is 4.93 Å². The van der Waals surface area contributed by atoms with Crippen molar-refractivity contribution >= 4 is 8.24 Å². The van der Waals surface area contributed by atoms with Gasteiger partial charge in [-0.15, -0.1) is 6.20 Å². The number of nitrogens with zero attached hydrogens (tertiary/aromatic N) is 1. The van der Waals surface area contributed by atoms with Crippen LogP contribution in [-0.2, 0) is 0 Å². The summed E-state index contributed by atoms with van der Waals surface area (Å²) in [6.07, 6.45) is 4.36. The fraction of sp³-hybridized carbons (Fsp3) is 0.692. The van der Waals surface area contributed by atoms with E-state index >= 15 is 0 Å². The van der Waals surface area contributed by atoms with E-state index in [1.807, 2.05) is 6.07 Å². The molecule has 1 aromatic heterocycles. The molecule has 0 fully saturated rings. The zero-order chi connectivity index (χ0) is 11.6. The van der Waals surface area contributed by atoms with E-state index in [-0.39, 0.29) is 18.9 Å². The van der Waals surface area contributed by atoms with Crippen LogP contribution in [0.4, 0.5) is 0 Å². The van der Waals surface area contributed by atoms with Crippen molar-refractivity contribution in [3.05, 3.63) is 24.5 Å². The Morgan fingerprint density at radius 2 is 1.38 bits per heavy atom. The summed E-state index contributed by atoms with van der Waals surface area (Å²) in [6, 6.07) is 5.23. The predicted molar refractivity (Wildman–Crippen MR) is 69.7 cm³/mol. The molecule has 1 heterocycles. The summed E-state index contributed by atoms with van der Waals surface area (Å²) in [5.41, 5.74) is 2.29. The van der Waals surface area contributed by atoms with Crippen molar-refractivity contribution in [2.24, 2.45) is 0 Å². The second-order valence-corrected chi connectivity index (χ2v) is 11.1. The van der Waals surface area contributed by atoms with Gasteiger partial charge in [-0.3, -0.25) is 0 Å². The third kappa shape index (κ3) is 2.50. The number of rotatable bonds is 4. The molecule has 86 valence electrons. The van der Waals surface area contributed by atoms with Gasteiger partial charge in [0, 0.05) is 0 Å². The molecule has 0 aliphatic carbocycles. The fourth-order valence-electron chi connectivity index (χ4n) is 3.43. The Hall–Kier alpha value is 0.0943. The van der Waals surface area contributed by atoms with Gasteiger partial charge in [-0.2, -0.15) is 6.20 Å². The van der Waals surface area contributed by atoms with Crippen LogP contribution in [0.15, 0.2) is 18.5 Å². The van der Waals surface area contributed by atoms with Crippen molar-refractivity contribution < 1.29 is 18.9 Å². The normalized spacial score (nSPS) is 12.3. The van der Waals surface area contributed by atoms with Crippen LogP contribution >= 0.6 is 0 Å². The quantitative estimate of drug-likeness (QED) is 0.542. The first kappa shape index (κ1) is 16.1. The fourth-order valence-corrected chi connectivity index (χ4v) is 9.84. The molecule has 0 aliphatic rings. The Morgan fingerprint density at radius 1 is 0.938 bits per heavy atom. The minimum Gasteiger partial charge on any atom is -0.474 e. The van der Waals surface area contributed by atoms with Gasteiger partial charge in [0.25, 0.3) is 0 Å². The maximum absolute atomic E-state index is 3.20. The van der Waals surface area contributed by atoms with Crippen molar-refractivity contribution in [1.82, 2.24) is 4.23 Å². The average molecular weight is 229 g/mol. The van der Waals surface area contributed by atoms with E-state index in [0.29, 0.717) is 0 Å². The van der Waals surface area contributed by atoms with Crippen LogP contribution in [0.3, 0.4) is 0 Å². The van der Waals surface area contributed by atoms with Gasteiger partial charge in [-0.1, -0.05) is 41.5 Å². The Labute approximate surface area is 114 Å². The Morgan fingerprint density at radius 3 is 1.62 bits per heavy atom. The van der Waals surface area contributed by atoms with Crippen molar-refractivity contribution in [3.8, 4) is 0 Å². The van der Waals surface area contributed by atoms with E-state index in [1.54, 1.807) is 0 Å². The van der Waals surface area contributed by atoms with E-state index < -0.39 is 8.24 Å². The van der Waals surface area contributed by atoms with Crippen LogP contribution in [0.2, 0.25) is 16.6 Å². The summed E-state index contributed by atoms with van der Waals surface area (Å²) >= 11 is 0. The van der Waals surface area contributed by atoms with Crippen LogP contribution in [0.1, 0.15) is 41.5 Å². The van der Waals surface area contributed by atoms with Crippen molar-refractivity contribution in [2.45, 2.75) is 58.2 Å². The number of hydrogen-bond donors (Lipinski definition) is 0. The van der Waals surface area contributed by atoms with Gasteiger partial charge in [-0.05, 0) is 16.6 Å². The maximum atomic E-state index is 3.20. The third-order valence-electron chi connectivity index (χ3n) is 3.77. The van der Waals surface area contributed by atoms with Gasteiger partial charge < -0.3 is 4.23 Å². The van der Waals surface area contributed by atoms with Gasteiger partial charge in [0.15, 0.2) is 0 Å². The molecule has 1 rings (SSSR count). The number of aromatic nitrogens is 1. The summed E-state index contributed by atoms with van der Waals surface area (Å²) in [7, 11) is -1.47. The van der Waals surface area contributed by atoms with E-state index in [4.69, 9.17) is 0 Å². The zero-order valence-electron chi connectivity index (χ0n) is 11.9. The van der Waals surface area contributed by atoms with Gasteiger partial charge >= 0.3 is 18.9 Å². The monoisotopic (exact) mass is 229 g/mol. The predicted octanol–water partition coefficient (Wildman–Crippen LogP) is 1.32. The number of hydrogen-bond acceptors (Lipinski definition) is 0. The maximum Gasteiger partial charge on any atom is 1.00 e. The molecular weight excluding hydrogens is 205 g/mol. The molecule has 1 nitrogen and oxygen atoms in total. The minimum absolute atomic E-state index is 0. The molecule has 0 atom stereocenters. The molecule has 1 aromatic rings. The van der Waals surface area contributed by atoms with Gasteiger partial charge in [0.1, 0.15) is 8.24 Å². The third-order valence-corrected chi connectivity index (χ3v) is 10.5. The molecule has 0 saturated heterocycles. The first-order chi connectivity index (χ1) is 6.94. The van der Waals surface area contributed by atoms with E-state index in [2.05, 4.69) is 64.2 Å². The summed E-state index contributed by atoms with van der Waals surface area (Å²) < 4.78 is 2.49. The molecule has 3 heteroatoms. The molecule has 0 aliphatic heterocycles. The first-order valence-corrected chi connectivity index (χ1v) is 8.16. The van der Waals surface area contributed by atoms with Crippen LogP contribution in [0, 0.1) is 6.07 Å². The van der Waals surface area contributed by atoms with Crippen molar-refractivity contribution in [2.75, 3.05) is 0 Å². The van der Waals surface area contributed by atoms with Crippen LogP contribution in [-0.4, -0.2) is 12.5 Å². The molecule has 0 amide bonds. The summed E-state index contributed by atoms with van der Waals surface area (Å²) in [4.78, 5) is 0. The molecule has 0 bridgehead atoms. The SMILES string of the molecule is CC(C)[Si](C(C)C)(C(C)C)n1c[c-]cc1.[Li+]. The molecule has 16 heavy (non-hydrogen) atoms. The van der Waals surface area contributed by atoms with Crippen LogP contribution in [0.25, 0.3) is 0 Å². The smallest absolute Gasteiger partial charge is 0.474 e. The first-order valence-electron chi connectivity index (χ1n) is 5.98. The second kappa shape index (κ2) is 6.14. The molecule has 0 N–H and O–H groups in total. The standard InChI is InChI=1S/C13H24NSi.Li/c1-11(2)15(12(3)4,13(5)6)14-9-7-8-10-14;/h7,9-13H,1-6H3;/q-1;+1. The second-order valence-electron chi connectivity index (χ2n) is 5.37. The van der Waals surface area contributed by atoms with Crippen molar-refractivity contribution in [1.29, 1.82) is 0 Å². The minimum atomic E-state index is -1.47. The average Bonchev–Trinajstić information content (AvgIpc) is 2.55. The largest absolute Gasteiger partial charge is 1.00 e. The van der Waals surface area contributed by atoms with Crippen molar-refractivity contribution in [3.63, 3.8) is 0 Å². The molecule has 0 aromatic carbocycles. The summed E-state index contributed by atoms with van der Waals surface area (Å²) in [5.74, 6) is 0.